The first kappa shape index (κ1) is 26.5. The van der Waals surface area contributed by atoms with Gasteiger partial charge in [0.15, 0.2) is 5.60 Å². The van der Waals surface area contributed by atoms with Crippen molar-refractivity contribution in [1.82, 2.24) is 0 Å². The summed E-state index contributed by atoms with van der Waals surface area (Å²) in [6, 6.07) is 12.4. The van der Waals surface area contributed by atoms with Gasteiger partial charge < -0.3 is 25.1 Å². The van der Waals surface area contributed by atoms with Gasteiger partial charge in [-0.15, -0.1) is 0 Å². The Bertz CT molecular complexity index is 1460. The van der Waals surface area contributed by atoms with Gasteiger partial charge in [0.05, 0.1) is 13.0 Å². The lowest BCUT2D eigenvalue weighted by molar-refractivity contribution is -0.137. The van der Waals surface area contributed by atoms with Crippen LogP contribution in [0, 0.1) is 19.7 Å². The predicted octanol–water partition coefficient (Wildman–Crippen LogP) is 5.77. The SMILES string of the molecule is Cc1cc(OC(C)(C)C(N)=O)cc(C)c1-c1ccc(F)c2c1CC[C@H]2Oc1ccc2c(c1)OCC2CC(=O)O. The first-order valence-electron chi connectivity index (χ1n) is 13.0. The van der Waals surface area contributed by atoms with Crippen molar-refractivity contribution in [2.75, 3.05) is 6.61 Å². The molecule has 1 amide bonds. The first-order chi connectivity index (χ1) is 18.4. The monoisotopic (exact) mass is 533 g/mol. The maximum atomic E-state index is 15.2. The van der Waals surface area contributed by atoms with Crippen LogP contribution in [-0.2, 0) is 16.0 Å². The summed E-state index contributed by atoms with van der Waals surface area (Å²) in [5.74, 6) is -0.218. The molecule has 1 unspecified atom stereocenters. The van der Waals surface area contributed by atoms with E-state index in [1.807, 2.05) is 38.1 Å². The van der Waals surface area contributed by atoms with Crippen LogP contribution in [0.1, 0.15) is 66.5 Å². The van der Waals surface area contributed by atoms with Crippen molar-refractivity contribution in [2.45, 2.75) is 64.6 Å². The van der Waals surface area contributed by atoms with Crippen molar-refractivity contribution in [3.63, 3.8) is 0 Å². The molecule has 0 fully saturated rings. The molecule has 204 valence electrons. The van der Waals surface area contributed by atoms with E-state index in [1.54, 1.807) is 26.0 Å². The van der Waals surface area contributed by atoms with Crippen LogP contribution in [0.2, 0.25) is 0 Å². The second-order valence-electron chi connectivity index (χ2n) is 10.8. The third-order valence-electron chi connectivity index (χ3n) is 7.59. The molecule has 39 heavy (non-hydrogen) atoms. The number of rotatable bonds is 8. The average molecular weight is 534 g/mol. The zero-order valence-electron chi connectivity index (χ0n) is 22.5. The van der Waals surface area contributed by atoms with E-state index in [4.69, 9.17) is 25.1 Å². The van der Waals surface area contributed by atoms with Crippen LogP contribution in [0.15, 0.2) is 42.5 Å². The van der Waals surface area contributed by atoms with Crippen molar-refractivity contribution in [1.29, 1.82) is 0 Å². The zero-order valence-corrected chi connectivity index (χ0v) is 22.5. The van der Waals surface area contributed by atoms with Crippen LogP contribution in [-0.4, -0.2) is 29.2 Å². The van der Waals surface area contributed by atoms with Gasteiger partial charge in [0.1, 0.15) is 29.2 Å². The second kappa shape index (κ2) is 9.91. The highest BCUT2D eigenvalue weighted by Crippen LogP contribution is 2.45. The molecule has 3 aromatic carbocycles. The number of primary amides is 1. The highest BCUT2D eigenvalue weighted by atomic mass is 19.1. The van der Waals surface area contributed by atoms with E-state index in [-0.39, 0.29) is 18.2 Å². The van der Waals surface area contributed by atoms with Crippen molar-refractivity contribution >= 4 is 11.9 Å². The number of benzene rings is 3. The zero-order chi connectivity index (χ0) is 28.1. The lowest BCUT2D eigenvalue weighted by Crippen LogP contribution is -2.43. The molecule has 7 nitrogen and oxygen atoms in total. The summed E-state index contributed by atoms with van der Waals surface area (Å²) in [6.45, 7) is 7.50. The first-order valence-corrected chi connectivity index (χ1v) is 13.0. The molecular formula is C31H32FNO6. The third-order valence-corrected chi connectivity index (χ3v) is 7.59. The minimum absolute atomic E-state index is 0.00599. The number of fused-ring (bicyclic) bond motifs is 2. The quantitative estimate of drug-likeness (QED) is 0.381. The van der Waals surface area contributed by atoms with Crippen molar-refractivity contribution in [3.05, 3.63) is 76.1 Å². The number of carbonyl (C=O) groups excluding carboxylic acids is 1. The standard InChI is InChI=1S/C31H32FNO6/c1-16-11-20(39-31(3,4)30(33)36)12-17(2)28(16)22-7-9-24(32)29-23(22)8-10-25(29)38-19-5-6-21-18(13-27(34)35)15-37-26(21)14-19/h5-7,9,11-12,14,18,25H,8,10,13,15H2,1-4H3,(H2,33,36)(H,34,35)/t18?,25-/m1/s1. The Balaban J connectivity index is 1.43. The fraction of sp³-hybridized carbons (Fsp3) is 0.355. The molecule has 0 saturated heterocycles. The third kappa shape index (κ3) is 5.03. The Morgan fingerprint density at radius 3 is 2.49 bits per heavy atom. The Hall–Kier alpha value is -4.07. The van der Waals surface area contributed by atoms with E-state index >= 15 is 4.39 Å². The molecule has 5 rings (SSSR count). The molecule has 3 aromatic rings. The van der Waals surface area contributed by atoms with Gasteiger partial charge in [0, 0.05) is 23.1 Å². The molecule has 1 aliphatic carbocycles. The maximum Gasteiger partial charge on any atom is 0.304 e. The summed E-state index contributed by atoms with van der Waals surface area (Å²) in [4.78, 5) is 22.9. The fourth-order valence-electron chi connectivity index (χ4n) is 5.65. The smallest absolute Gasteiger partial charge is 0.304 e. The van der Waals surface area contributed by atoms with Gasteiger partial charge in [0.2, 0.25) is 0 Å². The minimum atomic E-state index is -1.15. The summed E-state index contributed by atoms with van der Waals surface area (Å²) in [7, 11) is 0. The van der Waals surface area contributed by atoms with Gasteiger partial charge in [-0.25, -0.2) is 4.39 Å². The van der Waals surface area contributed by atoms with Gasteiger partial charge in [-0.05, 0) is 92.6 Å². The number of ether oxygens (including phenoxy) is 3. The Kier molecular flexibility index (Phi) is 6.74. The van der Waals surface area contributed by atoms with E-state index in [0.29, 0.717) is 42.3 Å². The number of carboxylic acid groups (broad SMARTS) is 1. The van der Waals surface area contributed by atoms with E-state index in [9.17, 15) is 9.59 Å². The van der Waals surface area contributed by atoms with Crippen LogP contribution in [0.3, 0.4) is 0 Å². The molecular weight excluding hydrogens is 501 g/mol. The van der Waals surface area contributed by atoms with Crippen LogP contribution in [0.5, 0.6) is 17.2 Å². The van der Waals surface area contributed by atoms with Crippen LogP contribution < -0.4 is 19.9 Å². The highest BCUT2D eigenvalue weighted by Gasteiger charge is 2.33. The number of carbonyl (C=O) groups is 2. The molecule has 0 radical (unpaired) electrons. The second-order valence-corrected chi connectivity index (χ2v) is 10.8. The van der Waals surface area contributed by atoms with Crippen LogP contribution >= 0.6 is 0 Å². The Morgan fingerprint density at radius 1 is 1.10 bits per heavy atom. The van der Waals surface area contributed by atoms with Crippen LogP contribution in [0.25, 0.3) is 11.1 Å². The van der Waals surface area contributed by atoms with E-state index in [0.717, 1.165) is 33.4 Å². The summed E-state index contributed by atoms with van der Waals surface area (Å²) in [5.41, 5.74) is 10.4. The molecule has 0 saturated carbocycles. The maximum absolute atomic E-state index is 15.2. The lowest BCUT2D eigenvalue weighted by Gasteiger charge is -2.24. The summed E-state index contributed by atoms with van der Waals surface area (Å²) >= 11 is 0. The summed E-state index contributed by atoms with van der Waals surface area (Å²) in [6.07, 6.45) is 0.816. The highest BCUT2D eigenvalue weighted by molar-refractivity contribution is 5.83. The predicted molar refractivity (Wildman–Crippen MR) is 144 cm³/mol. The van der Waals surface area contributed by atoms with Crippen molar-refractivity contribution in [2.24, 2.45) is 5.73 Å². The average Bonchev–Trinajstić information content (AvgIpc) is 3.44. The van der Waals surface area contributed by atoms with Gasteiger partial charge in [-0.1, -0.05) is 12.1 Å². The van der Waals surface area contributed by atoms with Crippen molar-refractivity contribution < 1.29 is 33.3 Å². The topological polar surface area (TPSA) is 108 Å². The number of nitrogens with two attached hydrogens (primary N) is 1. The van der Waals surface area contributed by atoms with Crippen LogP contribution in [0.4, 0.5) is 4.39 Å². The van der Waals surface area contributed by atoms with Gasteiger partial charge in [-0.3, -0.25) is 9.59 Å². The fourth-order valence-corrected chi connectivity index (χ4v) is 5.65. The van der Waals surface area contributed by atoms with E-state index in [2.05, 4.69) is 0 Å². The van der Waals surface area contributed by atoms with E-state index < -0.39 is 23.6 Å². The summed E-state index contributed by atoms with van der Waals surface area (Å²) < 4.78 is 33.1. The minimum Gasteiger partial charge on any atom is -0.492 e. The number of hydrogen-bond donors (Lipinski definition) is 2. The molecule has 0 bridgehead atoms. The molecule has 8 heteroatoms. The summed E-state index contributed by atoms with van der Waals surface area (Å²) in [5, 5.41) is 9.14. The number of aliphatic carboxylic acids is 1. The van der Waals surface area contributed by atoms with E-state index in [1.165, 1.54) is 6.07 Å². The number of halogens is 1. The largest absolute Gasteiger partial charge is 0.492 e. The number of aryl methyl sites for hydroxylation is 2. The Labute approximate surface area is 226 Å². The molecule has 1 aliphatic heterocycles. The molecule has 2 atom stereocenters. The van der Waals surface area contributed by atoms with Gasteiger partial charge in [0.25, 0.3) is 5.91 Å². The number of amides is 1. The lowest BCUT2D eigenvalue weighted by atomic mass is 9.90. The molecule has 0 spiro atoms. The molecule has 0 aromatic heterocycles. The van der Waals surface area contributed by atoms with Gasteiger partial charge >= 0.3 is 5.97 Å². The Morgan fingerprint density at radius 2 is 1.82 bits per heavy atom. The molecule has 1 heterocycles. The van der Waals surface area contributed by atoms with Gasteiger partial charge in [-0.2, -0.15) is 0 Å². The number of hydrogen-bond acceptors (Lipinski definition) is 5. The normalized spacial score (nSPS) is 17.8. The molecule has 2 aliphatic rings. The van der Waals surface area contributed by atoms with Crippen molar-refractivity contribution in [3.8, 4) is 28.4 Å². The molecule has 3 N–H and O–H groups in total. The number of carboxylic acids is 1.